The van der Waals surface area contributed by atoms with Crippen molar-refractivity contribution in [2.75, 3.05) is 36.4 Å². The molecular formula is C12H20N6O2. The van der Waals surface area contributed by atoms with E-state index in [0.29, 0.717) is 38.4 Å². The Labute approximate surface area is 117 Å². The molecule has 1 atom stereocenters. The second kappa shape index (κ2) is 5.28. The largest absolute Gasteiger partial charge is 0.481 e. The van der Waals surface area contributed by atoms with Gasteiger partial charge in [-0.25, -0.2) is 4.68 Å². The molecular weight excluding hydrogens is 260 g/mol. The highest BCUT2D eigenvalue weighted by Crippen LogP contribution is 2.26. The lowest BCUT2D eigenvalue weighted by atomic mass is 9.97. The van der Waals surface area contributed by atoms with Gasteiger partial charge in [0.25, 0.3) is 0 Å². The number of piperidine rings is 1. The van der Waals surface area contributed by atoms with Crippen LogP contribution in [-0.2, 0) is 4.79 Å². The van der Waals surface area contributed by atoms with E-state index in [1.165, 1.54) is 0 Å². The zero-order valence-electron chi connectivity index (χ0n) is 11.3. The molecule has 4 N–H and O–H groups in total. The van der Waals surface area contributed by atoms with Crippen LogP contribution >= 0.6 is 0 Å². The molecule has 8 nitrogen and oxygen atoms in total. The molecule has 20 heavy (non-hydrogen) atoms. The first kappa shape index (κ1) is 13.2. The molecule has 8 heteroatoms. The minimum absolute atomic E-state index is 0.198. The van der Waals surface area contributed by atoms with E-state index >= 15 is 0 Å². The summed E-state index contributed by atoms with van der Waals surface area (Å²) in [5.74, 6) is 0.503. The van der Waals surface area contributed by atoms with Crippen molar-refractivity contribution in [2.24, 2.45) is 11.7 Å². The summed E-state index contributed by atoms with van der Waals surface area (Å²) >= 11 is 0. The van der Waals surface area contributed by atoms with Crippen molar-refractivity contribution in [3.05, 3.63) is 0 Å². The Morgan fingerprint density at radius 2 is 2.15 bits per heavy atom. The minimum Gasteiger partial charge on any atom is -0.481 e. The maximum absolute atomic E-state index is 11.0. The summed E-state index contributed by atoms with van der Waals surface area (Å²) < 4.78 is 1.86. The summed E-state index contributed by atoms with van der Waals surface area (Å²) in [5.41, 5.74) is 5.76. The van der Waals surface area contributed by atoms with Crippen LogP contribution in [0.3, 0.4) is 0 Å². The van der Waals surface area contributed by atoms with Gasteiger partial charge in [0, 0.05) is 26.2 Å². The predicted octanol–water partition coefficient (Wildman–Crippen LogP) is -0.105. The summed E-state index contributed by atoms with van der Waals surface area (Å²) in [5, 5.41) is 16.8. The Kier molecular flexibility index (Phi) is 3.47. The standard InChI is InChI=1S/C12H20N6O2/c13-7-9-1-4-14-11-15-12(16-18(9)11)17-5-2-8(3-6-17)10(19)20/h8-9H,1-7,13H2,(H,19,20)(H,14,15,16). The number of hydrogen-bond donors (Lipinski definition) is 3. The number of hydrogen-bond acceptors (Lipinski definition) is 6. The topological polar surface area (TPSA) is 109 Å². The lowest BCUT2D eigenvalue weighted by Crippen LogP contribution is -2.37. The van der Waals surface area contributed by atoms with Gasteiger partial charge in [-0.2, -0.15) is 4.98 Å². The SMILES string of the molecule is NCC1CCNc2nc(N3CCC(C(=O)O)CC3)nn21. The highest BCUT2D eigenvalue weighted by Gasteiger charge is 2.28. The number of nitrogens with one attached hydrogen (secondary N) is 1. The van der Waals surface area contributed by atoms with Crippen molar-refractivity contribution in [1.82, 2.24) is 14.8 Å². The first-order valence-electron chi connectivity index (χ1n) is 7.07. The number of fused-ring (bicyclic) bond motifs is 1. The molecule has 0 bridgehead atoms. The normalized spacial score (nSPS) is 23.2. The van der Waals surface area contributed by atoms with Crippen LogP contribution in [0.15, 0.2) is 0 Å². The summed E-state index contributed by atoms with van der Waals surface area (Å²) in [7, 11) is 0. The summed E-state index contributed by atoms with van der Waals surface area (Å²) in [6, 6.07) is 0.198. The smallest absolute Gasteiger partial charge is 0.306 e. The van der Waals surface area contributed by atoms with Gasteiger partial charge in [-0.05, 0) is 19.3 Å². The van der Waals surface area contributed by atoms with Crippen molar-refractivity contribution in [3.63, 3.8) is 0 Å². The van der Waals surface area contributed by atoms with E-state index in [-0.39, 0.29) is 12.0 Å². The van der Waals surface area contributed by atoms with E-state index in [1.807, 2.05) is 4.68 Å². The zero-order valence-corrected chi connectivity index (χ0v) is 11.3. The Morgan fingerprint density at radius 3 is 2.80 bits per heavy atom. The van der Waals surface area contributed by atoms with Crippen molar-refractivity contribution in [3.8, 4) is 0 Å². The summed E-state index contributed by atoms with van der Waals surface area (Å²) in [4.78, 5) is 17.5. The van der Waals surface area contributed by atoms with Gasteiger partial charge < -0.3 is 21.1 Å². The average molecular weight is 280 g/mol. The minimum atomic E-state index is -0.702. The fourth-order valence-corrected chi connectivity index (χ4v) is 2.84. The molecule has 1 aromatic heterocycles. The number of carboxylic acids is 1. The van der Waals surface area contributed by atoms with Gasteiger partial charge in [-0.15, -0.1) is 5.10 Å². The van der Waals surface area contributed by atoms with Crippen molar-refractivity contribution in [2.45, 2.75) is 25.3 Å². The number of rotatable bonds is 3. The third-order valence-electron chi connectivity index (χ3n) is 4.13. The van der Waals surface area contributed by atoms with E-state index < -0.39 is 5.97 Å². The number of carboxylic acid groups (broad SMARTS) is 1. The molecule has 0 aliphatic carbocycles. The van der Waals surface area contributed by atoms with E-state index in [1.54, 1.807) is 0 Å². The third kappa shape index (κ3) is 2.31. The van der Waals surface area contributed by atoms with Crippen LogP contribution in [0.1, 0.15) is 25.3 Å². The molecule has 3 rings (SSSR count). The molecule has 0 saturated carbocycles. The average Bonchev–Trinajstić information content (AvgIpc) is 2.91. The zero-order chi connectivity index (χ0) is 14.1. The van der Waals surface area contributed by atoms with Crippen LogP contribution in [-0.4, -0.2) is 52.0 Å². The first-order chi connectivity index (χ1) is 9.69. The molecule has 0 spiro atoms. The van der Waals surface area contributed by atoms with Gasteiger partial charge >= 0.3 is 5.97 Å². The summed E-state index contributed by atoms with van der Waals surface area (Å²) in [6.07, 6.45) is 2.24. The van der Waals surface area contributed by atoms with E-state index in [2.05, 4.69) is 20.3 Å². The van der Waals surface area contributed by atoms with Crippen LogP contribution in [0.5, 0.6) is 0 Å². The highest BCUT2D eigenvalue weighted by atomic mass is 16.4. The monoisotopic (exact) mass is 280 g/mol. The van der Waals surface area contributed by atoms with Gasteiger partial charge in [0.2, 0.25) is 11.9 Å². The number of anilines is 2. The molecule has 3 heterocycles. The maximum Gasteiger partial charge on any atom is 0.306 e. The van der Waals surface area contributed by atoms with Gasteiger partial charge in [-0.1, -0.05) is 0 Å². The Hall–Kier alpha value is -1.83. The second-order valence-corrected chi connectivity index (χ2v) is 5.38. The number of nitrogens with zero attached hydrogens (tertiary/aromatic N) is 4. The van der Waals surface area contributed by atoms with Crippen molar-refractivity contribution >= 4 is 17.9 Å². The Balaban J connectivity index is 1.73. The van der Waals surface area contributed by atoms with E-state index in [4.69, 9.17) is 10.8 Å². The van der Waals surface area contributed by atoms with Crippen LogP contribution in [0.25, 0.3) is 0 Å². The van der Waals surface area contributed by atoms with Gasteiger partial charge in [0.15, 0.2) is 0 Å². The fraction of sp³-hybridized carbons (Fsp3) is 0.750. The molecule has 2 aliphatic rings. The molecule has 110 valence electrons. The highest BCUT2D eigenvalue weighted by molar-refractivity contribution is 5.70. The van der Waals surface area contributed by atoms with Crippen LogP contribution in [0.2, 0.25) is 0 Å². The molecule has 0 amide bonds. The number of aromatic nitrogens is 3. The molecule has 0 aromatic carbocycles. The van der Waals surface area contributed by atoms with Crippen LogP contribution in [0, 0.1) is 5.92 Å². The number of carbonyl (C=O) groups is 1. The van der Waals surface area contributed by atoms with Gasteiger partial charge in [0.05, 0.1) is 12.0 Å². The maximum atomic E-state index is 11.0. The van der Waals surface area contributed by atoms with Crippen molar-refractivity contribution in [1.29, 1.82) is 0 Å². The summed E-state index contributed by atoms with van der Waals surface area (Å²) in [6.45, 7) is 2.79. The lowest BCUT2D eigenvalue weighted by molar-refractivity contribution is -0.142. The molecule has 1 unspecified atom stereocenters. The van der Waals surface area contributed by atoms with Crippen LogP contribution in [0.4, 0.5) is 11.9 Å². The fourth-order valence-electron chi connectivity index (χ4n) is 2.84. The third-order valence-corrected chi connectivity index (χ3v) is 4.13. The molecule has 1 fully saturated rings. The Morgan fingerprint density at radius 1 is 1.40 bits per heavy atom. The predicted molar refractivity (Wildman–Crippen MR) is 73.8 cm³/mol. The van der Waals surface area contributed by atoms with Gasteiger partial charge in [0.1, 0.15) is 0 Å². The lowest BCUT2D eigenvalue weighted by Gasteiger charge is -2.29. The first-order valence-corrected chi connectivity index (χ1v) is 7.07. The van der Waals surface area contributed by atoms with E-state index in [9.17, 15) is 4.79 Å². The second-order valence-electron chi connectivity index (χ2n) is 5.38. The molecule has 1 saturated heterocycles. The molecule has 0 radical (unpaired) electrons. The van der Waals surface area contributed by atoms with Crippen LogP contribution < -0.4 is 16.0 Å². The van der Waals surface area contributed by atoms with Gasteiger partial charge in [-0.3, -0.25) is 4.79 Å². The molecule has 1 aromatic rings. The van der Waals surface area contributed by atoms with Crippen molar-refractivity contribution < 1.29 is 9.90 Å². The van der Waals surface area contributed by atoms with E-state index in [0.717, 1.165) is 18.9 Å². The quantitative estimate of drug-likeness (QED) is 0.709. The number of nitrogens with two attached hydrogens (primary N) is 1. The molecule has 2 aliphatic heterocycles. The number of aliphatic carboxylic acids is 1. The Bertz CT molecular complexity index is 494.